The highest BCUT2D eigenvalue weighted by atomic mass is 35.5. The number of hydrogen-bond donors (Lipinski definition) is 0. The van der Waals surface area contributed by atoms with Crippen LogP contribution in [0.1, 0.15) is 10.4 Å². The van der Waals surface area contributed by atoms with Crippen LogP contribution in [0, 0.1) is 0 Å². The molecule has 0 aliphatic rings. The van der Waals surface area contributed by atoms with Crippen molar-refractivity contribution < 1.29 is 9.47 Å². The summed E-state index contributed by atoms with van der Waals surface area (Å²) in [6, 6.07) is 20.6. The maximum absolute atomic E-state index is 6.23. The summed E-state index contributed by atoms with van der Waals surface area (Å²) in [5, 5.41) is 3.14. The molecule has 4 aromatic rings. The van der Waals surface area contributed by atoms with Gasteiger partial charge in [0.05, 0.1) is 0 Å². The number of thiophene rings is 1. The lowest BCUT2D eigenvalue weighted by Gasteiger charge is -2.10. The van der Waals surface area contributed by atoms with Gasteiger partial charge in [0.25, 0.3) is 0 Å². The van der Waals surface area contributed by atoms with Crippen LogP contribution in [0.4, 0.5) is 0 Å². The van der Waals surface area contributed by atoms with Crippen LogP contribution >= 0.6 is 46.1 Å². The van der Waals surface area contributed by atoms with Gasteiger partial charge < -0.3 is 9.47 Å². The van der Waals surface area contributed by atoms with Gasteiger partial charge >= 0.3 is 0 Å². The van der Waals surface area contributed by atoms with Gasteiger partial charge in [0.2, 0.25) is 0 Å². The lowest BCUT2D eigenvalue weighted by molar-refractivity contribution is 0.290. The van der Waals surface area contributed by atoms with Crippen molar-refractivity contribution in [3.63, 3.8) is 0 Å². The van der Waals surface area contributed by atoms with E-state index in [1.807, 2.05) is 66.7 Å². The first-order valence-corrected chi connectivity index (χ1v) is 10.5. The molecule has 0 bridgehead atoms. The zero-order chi connectivity index (χ0) is 19.5. The second kappa shape index (κ2) is 8.62. The summed E-state index contributed by atoms with van der Waals surface area (Å²) in [4.78, 5) is 1.10. The van der Waals surface area contributed by atoms with E-state index in [0.29, 0.717) is 28.3 Å². The fraction of sp³-hybridized carbons (Fsp3) is 0.0909. The Morgan fingerprint density at radius 2 is 1.18 bits per heavy atom. The van der Waals surface area contributed by atoms with Crippen molar-refractivity contribution in [2.45, 2.75) is 13.2 Å². The molecule has 4 rings (SSSR count). The predicted molar refractivity (Wildman–Crippen MR) is 118 cm³/mol. The topological polar surface area (TPSA) is 18.5 Å². The number of ether oxygens (including phenoxy) is 2. The van der Waals surface area contributed by atoms with E-state index < -0.39 is 0 Å². The predicted octanol–water partition coefficient (Wildman–Crippen LogP) is 8.02. The standard InChI is InChI=1S/C22H15Cl3O2S/c23-14-1-6-17(7-2-14)26-12-20-19-11-16(25)5-10-21(19)28-22(20)13-27-18-8-3-15(24)4-9-18/h1-11H,12-13H2. The maximum atomic E-state index is 6.23. The molecule has 1 heterocycles. The van der Waals surface area contributed by atoms with Gasteiger partial charge in [0, 0.05) is 35.6 Å². The molecular formula is C22H15Cl3O2S. The second-order valence-corrected chi connectivity index (χ2v) is 8.58. The van der Waals surface area contributed by atoms with Crippen molar-refractivity contribution in [2.75, 3.05) is 0 Å². The molecule has 0 atom stereocenters. The third-order valence-electron chi connectivity index (χ3n) is 4.22. The van der Waals surface area contributed by atoms with Crippen LogP contribution in [0.15, 0.2) is 66.7 Å². The Balaban J connectivity index is 1.60. The normalized spacial score (nSPS) is 11.0. The number of hydrogen-bond acceptors (Lipinski definition) is 3. The quantitative estimate of drug-likeness (QED) is 0.297. The van der Waals surface area contributed by atoms with E-state index in [0.717, 1.165) is 32.0 Å². The van der Waals surface area contributed by atoms with Crippen LogP contribution < -0.4 is 9.47 Å². The molecule has 0 unspecified atom stereocenters. The average Bonchev–Trinajstić information content (AvgIpc) is 3.04. The first-order valence-electron chi connectivity index (χ1n) is 8.55. The van der Waals surface area contributed by atoms with E-state index in [1.165, 1.54) is 0 Å². The molecule has 0 fully saturated rings. The minimum absolute atomic E-state index is 0.418. The average molecular weight is 450 g/mol. The Morgan fingerprint density at radius 1 is 0.643 bits per heavy atom. The summed E-state index contributed by atoms with van der Waals surface area (Å²) in [6.07, 6.45) is 0. The lowest BCUT2D eigenvalue weighted by Crippen LogP contribution is -2.01. The number of halogens is 3. The highest BCUT2D eigenvalue weighted by Gasteiger charge is 2.14. The van der Waals surface area contributed by atoms with E-state index in [2.05, 4.69) is 0 Å². The molecular weight excluding hydrogens is 435 g/mol. The van der Waals surface area contributed by atoms with Gasteiger partial charge in [-0.3, -0.25) is 0 Å². The van der Waals surface area contributed by atoms with Gasteiger partial charge in [-0.2, -0.15) is 0 Å². The fourth-order valence-electron chi connectivity index (χ4n) is 2.81. The molecule has 0 aliphatic heterocycles. The minimum atomic E-state index is 0.418. The zero-order valence-electron chi connectivity index (χ0n) is 14.6. The molecule has 142 valence electrons. The third-order valence-corrected chi connectivity index (χ3v) is 6.14. The SMILES string of the molecule is Clc1ccc(OCc2sc3ccc(Cl)cc3c2COc2ccc(Cl)cc2)cc1. The van der Waals surface area contributed by atoms with Crippen molar-refractivity contribution in [1.82, 2.24) is 0 Å². The summed E-state index contributed by atoms with van der Waals surface area (Å²) in [5.74, 6) is 1.53. The lowest BCUT2D eigenvalue weighted by atomic mass is 10.1. The summed E-state index contributed by atoms with van der Waals surface area (Å²) >= 11 is 19.8. The van der Waals surface area contributed by atoms with Gasteiger partial charge in [-0.1, -0.05) is 34.8 Å². The fourth-order valence-corrected chi connectivity index (χ4v) is 4.34. The monoisotopic (exact) mass is 448 g/mol. The Labute approximate surface area is 182 Å². The molecule has 0 saturated heterocycles. The zero-order valence-corrected chi connectivity index (χ0v) is 17.7. The van der Waals surface area contributed by atoms with E-state index in [-0.39, 0.29) is 0 Å². The highest BCUT2D eigenvalue weighted by Crippen LogP contribution is 2.35. The van der Waals surface area contributed by atoms with Crippen molar-refractivity contribution in [3.05, 3.63) is 92.2 Å². The van der Waals surface area contributed by atoms with E-state index >= 15 is 0 Å². The smallest absolute Gasteiger partial charge is 0.123 e. The van der Waals surface area contributed by atoms with Crippen molar-refractivity contribution in [3.8, 4) is 11.5 Å². The van der Waals surface area contributed by atoms with Crippen LogP contribution in [0.3, 0.4) is 0 Å². The molecule has 0 aliphatic carbocycles. The van der Waals surface area contributed by atoms with Crippen molar-refractivity contribution in [1.29, 1.82) is 0 Å². The van der Waals surface area contributed by atoms with Crippen molar-refractivity contribution >= 4 is 56.2 Å². The van der Waals surface area contributed by atoms with Crippen molar-refractivity contribution in [2.24, 2.45) is 0 Å². The molecule has 28 heavy (non-hydrogen) atoms. The van der Waals surface area contributed by atoms with Gasteiger partial charge in [0.15, 0.2) is 0 Å². The summed E-state index contributed by atoms with van der Waals surface area (Å²) < 4.78 is 13.1. The second-order valence-electron chi connectivity index (χ2n) is 6.13. The maximum Gasteiger partial charge on any atom is 0.123 e. The Hall–Kier alpha value is -1.91. The largest absolute Gasteiger partial charge is 0.489 e. The van der Waals surface area contributed by atoms with Crippen LogP contribution in [0.2, 0.25) is 15.1 Å². The Bertz CT molecular complexity index is 1090. The molecule has 0 saturated carbocycles. The van der Waals surface area contributed by atoms with Gasteiger partial charge in [-0.05, 0) is 66.7 Å². The van der Waals surface area contributed by atoms with Crippen LogP contribution in [0.25, 0.3) is 10.1 Å². The highest BCUT2D eigenvalue weighted by molar-refractivity contribution is 7.19. The number of benzene rings is 3. The third kappa shape index (κ3) is 4.56. The molecule has 6 heteroatoms. The van der Waals surface area contributed by atoms with Gasteiger partial charge in [-0.15, -0.1) is 11.3 Å². The summed E-state index contributed by atoms with van der Waals surface area (Å²) in [5.41, 5.74) is 1.08. The molecule has 0 amide bonds. The van der Waals surface area contributed by atoms with Crippen LogP contribution in [0.5, 0.6) is 11.5 Å². The Morgan fingerprint density at radius 3 is 1.79 bits per heavy atom. The van der Waals surface area contributed by atoms with Crippen LogP contribution in [-0.4, -0.2) is 0 Å². The summed E-state index contributed by atoms with van der Waals surface area (Å²) in [7, 11) is 0. The van der Waals surface area contributed by atoms with Crippen LogP contribution in [-0.2, 0) is 13.2 Å². The Kier molecular flexibility index (Phi) is 5.98. The molecule has 1 aromatic heterocycles. The molecule has 2 nitrogen and oxygen atoms in total. The van der Waals surface area contributed by atoms with Gasteiger partial charge in [0.1, 0.15) is 24.7 Å². The molecule has 0 N–H and O–H groups in total. The first-order chi connectivity index (χ1) is 13.6. The minimum Gasteiger partial charge on any atom is -0.489 e. The van der Waals surface area contributed by atoms with E-state index in [9.17, 15) is 0 Å². The molecule has 0 spiro atoms. The molecule has 3 aromatic carbocycles. The van der Waals surface area contributed by atoms with E-state index in [1.54, 1.807) is 11.3 Å². The molecule has 0 radical (unpaired) electrons. The number of fused-ring (bicyclic) bond motifs is 1. The summed E-state index contributed by atoms with van der Waals surface area (Å²) in [6.45, 7) is 0.860. The van der Waals surface area contributed by atoms with Gasteiger partial charge in [-0.25, -0.2) is 0 Å². The number of rotatable bonds is 6. The van der Waals surface area contributed by atoms with E-state index in [4.69, 9.17) is 44.3 Å². The first kappa shape index (κ1) is 19.4.